The van der Waals surface area contributed by atoms with Crippen molar-refractivity contribution in [2.45, 2.75) is 22.7 Å². The Morgan fingerprint density at radius 2 is 1.56 bits per heavy atom. The molecule has 6 nitrogen and oxygen atoms in total. The number of hydrogen-bond donors (Lipinski definition) is 1. The maximum Gasteiger partial charge on any atom is 0.416 e. The zero-order valence-electron chi connectivity index (χ0n) is 17.6. The molecule has 0 bridgehead atoms. The van der Waals surface area contributed by atoms with Crippen molar-refractivity contribution in [3.05, 3.63) is 90.0 Å². The second kappa shape index (κ2) is 8.94. The lowest BCUT2D eigenvalue weighted by molar-refractivity contribution is -0.137. The highest BCUT2D eigenvalue weighted by Crippen LogP contribution is 2.40. The molecule has 1 heterocycles. The lowest BCUT2D eigenvalue weighted by Gasteiger charge is -2.22. The summed E-state index contributed by atoms with van der Waals surface area (Å²) in [6, 6.07) is 18.2. The largest absolute Gasteiger partial charge is 0.416 e. The average molecular weight is 488 g/mol. The van der Waals surface area contributed by atoms with E-state index in [4.69, 9.17) is 0 Å². The number of hydrogen-bond acceptors (Lipinski definition) is 4. The molecule has 0 saturated heterocycles. The molecule has 3 aromatic carbocycles. The van der Waals surface area contributed by atoms with Crippen LogP contribution in [0.1, 0.15) is 22.8 Å². The molecule has 34 heavy (non-hydrogen) atoms. The van der Waals surface area contributed by atoms with Crippen LogP contribution >= 0.6 is 0 Å². The van der Waals surface area contributed by atoms with Gasteiger partial charge in [0.1, 0.15) is 6.54 Å². The second-order valence-electron chi connectivity index (χ2n) is 7.72. The fourth-order valence-electron chi connectivity index (χ4n) is 3.81. The summed E-state index contributed by atoms with van der Waals surface area (Å²) in [5.41, 5.74) is -0.210. The molecule has 3 aromatic rings. The molecule has 10 heteroatoms. The van der Waals surface area contributed by atoms with Gasteiger partial charge in [-0.1, -0.05) is 42.5 Å². The van der Waals surface area contributed by atoms with Gasteiger partial charge in [-0.25, -0.2) is 8.42 Å². The fraction of sp³-hybridized carbons (Fsp3) is 0.167. The molecule has 2 amide bonds. The van der Waals surface area contributed by atoms with E-state index >= 15 is 0 Å². The molecule has 0 aliphatic carbocycles. The SMILES string of the molecule is O=C(CN1C(=O)C[C@H](c2ccccc2)S(=O)(=O)c2ccccc21)Nc1ccc(C(F)(F)F)cc1. The Bertz CT molecular complexity index is 1320. The third-order valence-corrected chi connectivity index (χ3v) is 7.61. The predicted octanol–water partition coefficient (Wildman–Crippen LogP) is 4.60. The lowest BCUT2D eigenvalue weighted by atomic mass is 10.1. The summed E-state index contributed by atoms with van der Waals surface area (Å²) in [5, 5.41) is 1.33. The van der Waals surface area contributed by atoms with Crippen molar-refractivity contribution < 1.29 is 31.2 Å². The summed E-state index contributed by atoms with van der Waals surface area (Å²) in [5.74, 6) is -1.25. The standard InChI is InChI=1S/C24H19F3N2O4S/c25-24(26,27)17-10-12-18(13-11-17)28-22(30)15-29-19-8-4-5-9-20(19)34(32,33)21(14-23(29)31)16-6-2-1-3-7-16/h1-13,21H,14-15H2,(H,28,30)/t21-/m1/s1. The zero-order chi connectivity index (χ0) is 24.5. The highest BCUT2D eigenvalue weighted by atomic mass is 32.2. The van der Waals surface area contributed by atoms with Crippen LogP contribution in [-0.4, -0.2) is 26.8 Å². The van der Waals surface area contributed by atoms with Crippen LogP contribution in [0.3, 0.4) is 0 Å². The Hall–Kier alpha value is -3.66. The summed E-state index contributed by atoms with van der Waals surface area (Å²) < 4.78 is 65.1. The van der Waals surface area contributed by atoms with E-state index in [9.17, 15) is 31.2 Å². The van der Waals surface area contributed by atoms with Gasteiger partial charge < -0.3 is 10.2 Å². The molecule has 176 valence electrons. The van der Waals surface area contributed by atoms with Gasteiger partial charge in [0.15, 0.2) is 9.84 Å². The van der Waals surface area contributed by atoms with Gasteiger partial charge in [0, 0.05) is 12.1 Å². The first-order valence-electron chi connectivity index (χ1n) is 10.2. The second-order valence-corrected chi connectivity index (χ2v) is 9.82. The first kappa shape index (κ1) is 23.5. The minimum absolute atomic E-state index is 0.0722. The van der Waals surface area contributed by atoms with Gasteiger partial charge in [-0.05, 0) is 42.0 Å². The van der Waals surface area contributed by atoms with E-state index in [1.807, 2.05) is 0 Å². The summed E-state index contributed by atoms with van der Waals surface area (Å²) in [6.07, 6.45) is -4.87. The number of fused-ring (bicyclic) bond motifs is 1. The molecule has 0 radical (unpaired) electrons. The van der Waals surface area contributed by atoms with E-state index in [2.05, 4.69) is 5.32 Å². The van der Waals surface area contributed by atoms with E-state index in [1.165, 1.54) is 18.2 Å². The van der Waals surface area contributed by atoms with Gasteiger partial charge in [-0.2, -0.15) is 13.2 Å². The summed E-state index contributed by atoms with van der Waals surface area (Å²) in [4.78, 5) is 26.8. The Balaban J connectivity index is 1.62. The highest BCUT2D eigenvalue weighted by molar-refractivity contribution is 7.92. The van der Waals surface area contributed by atoms with Crippen molar-refractivity contribution in [2.24, 2.45) is 0 Å². The molecule has 0 fully saturated rings. The average Bonchev–Trinajstić information content (AvgIpc) is 2.88. The summed E-state index contributed by atoms with van der Waals surface area (Å²) >= 11 is 0. The van der Waals surface area contributed by atoms with Crippen LogP contribution in [0.4, 0.5) is 24.5 Å². The lowest BCUT2D eigenvalue weighted by Crippen LogP contribution is -2.38. The number of amides is 2. The number of nitrogens with zero attached hydrogens (tertiary/aromatic N) is 1. The third kappa shape index (κ3) is 4.67. The van der Waals surface area contributed by atoms with E-state index < -0.39 is 45.2 Å². The maximum atomic E-state index is 13.4. The van der Waals surface area contributed by atoms with Gasteiger partial charge in [-0.15, -0.1) is 0 Å². The molecule has 1 aliphatic heterocycles. The molecule has 0 saturated carbocycles. The van der Waals surface area contributed by atoms with Gasteiger partial charge in [0.05, 0.1) is 21.4 Å². The maximum absolute atomic E-state index is 13.4. The fourth-order valence-corrected chi connectivity index (χ4v) is 5.73. The van der Waals surface area contributed by atoms with Crippen molar-refractivity contribution in [3.63, 3.8) is 0 Å². The number of sulfone groups is 1. The van der Waals surface area contributed by atoms with E-state index in [0.29, 0.717) is 5.56 Å². The van der Waals surface area contributed by atoms with Crippen molar-refractivity contribution in [3.8, 4) is 0 Å². The smallest absolute Gasteiger partial charge is 0.325 e. The number of benzene rings is 3. The predicted molar refractivity (Wildman–Crippen MR) is 120 cm³/mol. The molecule has 1 atom stereocenters. The summed E-state index contributed by atoms with van der Waals surface area (Å²) in [7, 11) is -3.95. The number of alkyl halides is 3. The van der Waals surface area contributed by atoms with Gasteiger partial charge in [0.2, 0.25) is 11.8 Å². The van der Waals surface area contributed by atoms with Crippen LogP contribution in [0, 0.1) is 0 Å². The van der Waals surface area contributed by atoms with Crippen LogP contribution in [-0.2, 0) is 25.6 Å². The Morgan fingerprint density at radius 1 is 0.941 bits per heavy atom. The van der Waals surface area contributed by atoms with Crippen LogP contribution in [0.5, 0.6) is 0 Å². The summed E-state index contributed by atoms with van der Waals surface area (Å²) in [6.45, 7) is -0.506. The van der Waals surface area contributed by atoms with Crippen molar-refractivity contribution >= 4 is 33.0 Å². The number of carbonyl (C=O) groups excluding carboxylic acids is 2. The minimum atomic E-state index is -4.51. The van der Waals surface area contributed by atoms with Crippen LogP contribution in [0.15, 0.2) is 83.8 Å². The monoisotopic (exact) mass is 488 g/mol. The van der Waals surface area contributed by atoms with E-state index in [0.717, 1.165) is 29.2 Å². The van der Waals surface area contributed by atoms with Gasteiger partial charge in [-0.3, -0.25) is 9.59 Å². The Morgan fingerprint density at radius 3 is 2.21 bits per heavy atom. The van der Waals surface area contributed by atoms with Crippen LogP contribution < -0.4 is 10.2 Å². The van der Waals surface area contributed by atoms with Crippen molar-refractivity contribution in [1.29, 1.82) is 0 Å². The van der Waals surface area contributed by atoms with Gasteiger partial charge >= 0.3 is 6.18 Å². The molecule has 0 aromatic heterocycles. The molecule has 4 rings (SSSR count). The third-order valence-electron chi connectivity index (χ3n) is 5.47. The number of carbonyl (C=O) groups is 2. The number of para-hydroxylation sites is 1. The molecular weight excluding hydrogens is 469 g/mol. The molecule has 1 N–H and O–H groups in total. The molecular formula is C24H19F3N2O4S. The first-order chi connectivity index (χ1) is 16.1. The normalized spacial score (nSPS) is 17.6. The first-order valence-corrected chi connectivity index (χ1v) is 11.8. The number of nitrogens with one attached hydrogen (secondary N) is 1. The topological polar surface area (TPSA) is 83.6 Å². The molecule has 0 spiro atoms. The number of rotatable bonds is 4. The Kier molecular flexibility index (Phi) is 6.18. The van der Waals surface area contributed by atoms with E-state index in [1.54, 1.807) is 36.4 Å². The number of anilines is 2. The Labute approximate surface area is 193 Å². The van der Waals surface area contributed by atoms with Crippen LogP contribution in [0.2, 0.25) is 0 Å². The van der Waals surface area contributed by atoms with Crippen molar-refractivity contribution in [2.75, 3.05) is 16.8 Å². The molecule has 0 unspecified atom stereocenters. The molecule has 1 aliphatic rings. The highest BCUT2D eigenvalue weighted by Gasteiger charge is 2.39. The van der Waals surface area contributed by atoms with Crippen molar-refractivity contribution in [1.82, 2.24) is 0 Å². The number of halogens is 3. The zero-order valence-corrected chi connectivity index (χ0v) is 18.4. The van der Waals surface area contributed by atoms with Gasteiger partial charge in [0.25, 0.3) is 0 Å². The minimum Gasteiger partial charge on any atom is -0.325 e. The quantitative estimate of drug-likeness (QED) is 0.582. The van der Waals surface area contributed by atoms with E-state index in [-0.39, 0.29) is 22.7 Å². The van der Waals surface area contributed by atoms with Crippen LogP contribution in [0.25, 0.3) is 0 Å².